The highest BCUT2D eigenvalue weighted by molar-refractivity contribution is 5.76. The number of aliphatic hydroxyl groups is 2. The van der Waals surface area contributed by atoms with Gasteiger partial charge in [0.05, 0.1) is 25.4 Å². The molecule has 0 aliphatic heterocycles. The van der Waals surface area contributed by atoms with Gasteiger partial charge >= 0.3 is 5.97 Å². The van der Waals surface area contributed by atoms with E-state index in [1.54, 1.807) is 6.08 Å². The van der Waals surface area contributed by atoms with Crippen molar-refractivity contribution < 1.29 is 24.5 Å². The van der Waals surface area contributed by atoms with Crippen molar-refractivity contribution in [3.05, 3.63) is 36.5 Å². The zero-order valence-electron chi connectivity index (χ0n) is 46.3. The number of aliphatic hydroxyl groups excluding tert-OH is 2. The molecule has 0 rings (SSSR count). The first-order valence-corrected chi connectivity index (χ1v) is 30.8. The van der Waals surface area contributed by atoms with Crippen LogP contribution in [0, 0.1) is 0 Å². The van der Waals surface area contributed by atoms with Crippen molar-refractivity contribution in [1.82, 2.24) is 5.32 Å². The van der Waals surface area contributed by atoms with Crippen LogP contribution in [0.2, 0.25) is 0 Å². The van der Waals surface area contributed by atoms with E-state index in [0.717, 1.165) is 44.9 Å². The van der Waals surface area contributed by atoms with E-state index < -0.39 is 12.1 Å². The van der Waals surface area contributed by atoms with Crippen LogP contribution in [-0.2, 0) is 14.3 Å². The second-order valence-corrected chi connectivity index (χ2v) is 21.0. The molecule has 1 amide bonds. The first-order valence-electron chi connectivity index (χ1n) is 30.8. The van der Waals surface area contributed by atoms with Crippen molar-refractivity contribution >= 4 is 11.9 Å². The van der Waals surface area contributed by atoms with Gasteiger partial charge in [-0.25, -0.2) is 0 Å². The lowest BCUT2D eigenvalue weighted by Crippen LogP contribution is -2.45. The van der Waals surface area contributed by atoms with Gasteiger partial charge in [0.2, 0.25) is 5.91 Å². The summed E-state index contributed by atoms with van der Waals surface area (Å²) in [6.45, 7) is 4.89. The lowest BCUT2D eigenvalue weighted by molar-refractivity contribution is -0.143. The van der Waals surface area contributed by atoms with Crippen molar-refractivity contribution in [3.8, 4) is 0 Å². The Morgan fingerprint density at radius 1 is 0.391 bits per heavy atom. The number of ether oxygens (including phenoxy) is 1. The second kappa shape index (κ2) is 58.6. The Morgan fingerprint density at radius 2 is 0.681 bits per heavy atom. The van der Waals surface area contributed by atoms with Gasteiger partial charge in [0.1, 0.15) is 0 Å². The van der Waals surface area contributed by atoms with Crippen molar-refractivity contribution in [2.45, 2.75) is 341 Å². The smallest absolute Gasteiger partial charge is 0.305 e. The molecule has 0 radical (unpaired) electrons. The highest BCUT2D eigenvalue weighted by Gasteiger charge is 2.18. The Labute approximate surface area is 430 Å². The van der Waals surface area contributed by atoms with Gasteiger partial charge in [0.15, 0.2) is 0 Å². The third kappa shape index (κ3) is 55.2. The summed E-state index contributed by atoms with van der Waals surface area (Å²) >= 11 is 0. The number of unbranched alkanes of at least 4 members (excludes halogenated alkanes) is 42. The first kappa shape index (κ1) is 67.1. The van der Waals surface area contributed by atoms with E-state index in [2.05, 4.69) is 43.5 Å². The van der Waals surface area contributed by atoms with Crippen molar-refractivity contribution in [3.63, 3.8) is 0 Å². The fraction of sp³-hybridized carbons (Fsp3) is 0.873. The average molecular weight is 971 g/mol. The number of amides is 1. The molecule has 6 heteroatoms. The Hall–Kier alpha value is -1.92. The molecule has 0 aliphatic carbocycles. The molecule has 0 bridgehead atoms. The largest absolute Gasteiger partial charge is 0.466 e. The van der Waals surface area contributed by atoms with E-state index in [0.29, 0.717) is 19.4 Å². The monoisotopic (exact) mass is 970 g/mol. The molecule has 0 spiro atoms. The molecular formula is C63H119NO5. The Morgan fingerprint density at radius 3 is 1.03 bits per heavy atom. The van der Waals surface area contributed by atoms with Crippen LogP contribution in [0.1, 0.15) is 328 Å². The van der Waals surface area contributed by atoms with Crippen LogP contribution in [0.4, 0.5) is 0 Å². The van der Waals surface area contributed by atoms with Crippen molar-refractivity contribution in [1.29, 1.82) is 0 Å². The molecule has 6 nitrogen and oxygen atoms in total. The van der Waals surface area contributed by atoms with E-state index in [4.69, 9.17) is 4.74 Å². The summed E-state index contributed by atoms with van der Waals surface area (Å²) in [7, 11) is 0. The van der Waals surface area contributed by atoms with E-state index >= 15 is 0 Å². The number of esters is 1. The topological polar surface area (TPSA) is 95.9 Å². The fourth-order valence-corrected chi connectivity index (χ4v) is 9.39. The van der Waals surface area contributed by atoms with Gasteiger partial charge in [-0.05, 0) is 83.5 Å². The summed E-state index contributed by atoms with van der Waals surface area (Å²) < 4.78 is 5.48. The molecular weight excluding hydrogens is 851 g/mol. The predicted molar refractivity (Wildman–Crippen MR) is 301 cm³/mol. The zero-order chi connectivity index (χ0) is 50.0. The van der Waals surface area contributed by atoms with E-state index in [9.17, 15) is 19.8 Å². The summed E-state index contributed by atoms with van der Waals surface area (Å²) in [6.07, 6.45) is 73.3. The molecule has 0 aromatic heterocycles. The van der Waals surface area contributed by atoms with Crippen LogP contribution >= 0.6 is 0 Å². The minimum absolute atomic E-state index is 0.00579. The molecule has 69 heavy (non-hydrogen) atoms. The molecule has 3 N–H and O–H groups in total. The third-order valence-electron chi connectivity index (χ3n) is 14.1. The third-order valence-corrected chi connectivity index (χ3v) is 14.1. The summed E-state index contributed by atoms with van der Waals surface area (Å²) in [6, 6.07) is -0.628. The highest BCUT2D eigenvalue weighted by atomic mass is 16.5. The average Bonchev–Trinajstić information content (AvgIpc) is 3.35. The SMILES string of the molecule is CCCCCCCC/C=C\CCCCCCCC(=O)OCCCCCCCCCCCCCC/C=C\CCCCCCCCCCCCC(=O)NC(CO)C(O)/C=C/CCCCCCCCCCC. The summed E-state index contributed by atoms with van der Waals surface area (Å²) in [4.78, 5) is 24.5. The maximum absolute atomic E-state index is 12.4. The number of nitrogens with one attached hydrogen (secondary N) is 1. The van der Waals surface area contributed by atoms with E-state index in [-0.39, 0.29) is 18.5 Å². The molecule has 2 atom stereocenters. The minimum atomic E-state index is -0.844. The molecule has 0 aromatic rings. The van der Waals surface area contributed by atoms with Gasteiger partial charge in [-0.1, -0.05) is 269 Å². The van der Waals surface area contributed by atoms with Crippen LogP contribution in [0.5, 0.6) is 0 Å². The van der Waals surface area contributed by atoms with Gasteiger partial charge < -0.3 is 20.3 Å². The van der Waals surface area contributed by atoms with Gasteiger partial charge in [-0.3, -0.25) is 9.59 Å². The molecule has 0 saturated heterocycles. The first-order chi connectivity index (χ1) is 34.0. The normalized spacial score (nSPS) is 12.8. The summed E-state index contributed by atoms with van der Waals surface area (Å²) in [5.74, 6) is -0.0650. The Bertz CT molecular complexity index is 1120. The summed E-state index contributed by atoms with van der Waals surface area (Å²) in [5, 5.41) is 23.0. The predicted octanol–water partition coefficient (Wildman–Crippen LogP) is 19.2. The Kier molecular flexibility index (Phi) is 57.0. The highest BCUT2D eigenvalue weighted by Crippen LogP contribution is 2.16. The van der Waals surface area contributed by atoms with Crippen LogP contribution in [0.15, 0.2) is 36.5 Å². The second-order valence-electron chi connectivity index (χ2n) is 21.0. The molecule has 0 aromatic carbocycles. The number of hydrogen-bond donors (Lipinski definition) is 3. The molecule has 0 heterocycles. The van der Waals surface area contributed by atoms with Crippen LogP contribution in [0.25, 0.3) is 0 Å². The number of carbonyl (C=O) groups excluding carboxylic acids is 2. The van der Waals surface area contributed by atoms with Crippen molar-refractivity contribution in [2.75, 3.05) is 13.2 Å². The van der Waals surface area contributed by atoms with Gasteiger partial charge in [0.25, 0.3) is 0 Å². The molecule has 2 unspecified atom stereocenters. The molecule has 406 valence electrons. The quantitative estimate of drug-likeness (QED) is 0.0321. The van der Waals surface area contributed by atoms with Gasteiger partial charge in [-0.15, -0.1) is 0 Å². The standard InChI is InChI=1S/C63H119NO5/c1-3-5-7-9-11-13-15-16-29-33-37-41-45-49-53-57-63(68)69-58-54-50-46-42-38-34-31-28-26-24-22-20-18-17-19-21-23-25-27-30-32-36-40-44-48-52-56-62(67)64-60(59-65)61(66)55-51-47-43-39-35-14-12-10-8-6-4-2/h16-17,19,29,51,55,60-61,65-66H,3-15,18,20-28,30-50,52-54,56-59H2,1-2H3,(H,64,67)/b19-17-,29-16-,55-51+. The molecule has 0 aliphatic rings. The lowest BCUT2D eigenvalue weighted by atomic mass is 10.0. The maximum atomic E-state index is 12.4. The van der Waals surface area contributed by atoms with Crippen LogP contribution in [0.3, 0.4) is 0 Å². The van der Waals surface area contributed by atoms with Crippen LogP contribution < -0.4 is 5.32 Å². The number of allylic oxidation sites excluding steroid dienone is 5. The van der Waals surface area contributed by atoms with Crippen molar-refractivity contribution in [2.24, 2.45) is 0 Å². The Balaban J connectivity index is 3.39. The molecule has 0 saturated carbocycles. The number of rotatable bonds is 57. The zero-order valence-corrected chi connectivity index (χ0v) is 46.3. The lowest BCUT2D eigenvalue weighted by Gasteiger charge is -2.20. The van der Waals surface area contributed by atoms with Gasteiger partial charge in [-0.2, -0.15) is 0 Å². The van der Waals surface area contributed by atoms with E-state index in [1.165, 1.54) is 257 Å². The van der Waals surface area contributed by atoms with E-state index in [1.807, 2.05) is 6.08 Å². The maximum Gasteiger partial charge on any atom is 0.305 e. The fourth-order valence-electron chi connectivity index (χ4n) is 9.39. The van der Waals surface area contributed by atoms with Gasteiger partial charge in [0, 0.05) is 12.8 Å². The number of carbonyl (C=O) groups is 2. The summed E-state index contributed by atoms with van der Waals surface area (Å²) in [5.41, 5.74) is 0. The molecule has 0 fully saturated rings. The van der Waals surface area contributed by atoms with Crippen LogP contribution in [-0.4, -0.2) is 47.4 Å². The number of hydrogen-bond acceptors (Lipinski definition) is 5. The minimum Gasteiger partial charge on any atom is -0.466 e.